The monoisotopic (exact) mass is 326 g/mol. The van der Waals surface area contributed by atoms with Crippen molar-refractivity contribution in [1.29, 1.82) is 0 Å². The number of nitrogens with one attached hydrogen (secondary N) is 1. The number of nitrogens with zero attached hydrogens (tertiary/aromatic N) is 3. The van der Waals surface area contributed by atoms with Crippen LogP contribution in [0.1, 0.15) is 31.4 Å². The number of amides is 2. The molecule has 0 radical (unpaired) electrons. The van der Waals surface area contributed by atoms with Crippen LogP contribution in [-0.2, 0) is 28.5 Å². The number of carbonyl (C=O) groups is 2. The van der Waals surface area contributed by atoms with E-state index in [4.69, 9.17) is 0 Å². The molecular weight excluding hydrogens is 304 g/mol. The molecule has 2 heterocycles. The van der Waals surface area contributed by atoms with Gasteiger partial charge in [-0.25, -0.2) is 0 Å². The molecule has 0 saturated carbocycles. The van der Waals surface area contributed by atoms with Gasteiger partial charge < -0.3 is 10.2 Å². The Labute approximate surface area is 141 Å². The molecule has 1 aliphatic rings. The van der Waals surface area contributed by atoms with Gasteiger partial charge in [-0.1, -0.05) is 0 Å². The molecule has 1 N–H and O–H groups in total. The number of carbonyl (C=O) groups excluding carboxylic acids is 2. The van der Waals surface area contributed by atoms with Gasteiger partial charge in [0.15, 0.2) is 0 Å². The van der Waals surface area contributed by atoms with Crippen molar-refractivity contribution in [2.45, 2.75) is 32.1 Å². The fourth-order valence-corrected chi connectivity index (χ4v) is 3.13. The van der Waals surface area contributed by atoms with E-state index in [1.54, 1.807) is 22.8 Å². The number of likely N-dealkylation sites (N-methyl/N-ethyl adjacent to an activating group) is 1. The maximum Gasteiger partial charge on any atom is 0.236 e. The van der Waals surface area contributed by atoms with Gasteiger partial charge in [-0.2, -0.15) is 5.10 Å². The Hall–Kier alpha value is -2.63. The Balaban J connectivity index is 1.69. The lowest BCUT2D eigenvalue weighted by molar-refractivity contribution is -0.121. The number of aromatic nitrogens is 2. The Bertz CT molecular complexity index is 807. The average Bonchev–Trinajstić information content (AvgIpc) is 3.02. The summed E-state index contributed by atoms with van der Waals surface area (Å²) in [5.74, 6) is 0.0202. The number of benzene rings is 1. The van der Waals surface area contributed by atoms with Crippen LogP contribution in [-0.4, -0.2) is 28.6 Å². The lowest BCUT2D eigenvalue weighted by Gasteiger charge is -2.16. The van der Waals surface area contributed by atoms with Crippen LogP contribution in [0.3, 0.4) is 0 Å². The molecule has 0 atom stereocenters. The van der Waals surface area contributed by atoms with Crippen molar-refractivity contribution in [3.05, 3.63) is 41.7 Å². The number of anilines is 2. The van der Waals surface area contributed by atoms with Crippen molar-refractivity contribution < 1.29 is 9.59 Å². The summed E-state index contributed by atoms with van der Waals surface area (Å²) in [5, 5.41) is 7.02. The third-order valence-electron chi connectivity index (χ3n) is 4.55. The van der Waals surface area contributed by atoms with Gasteiger partial charge in [0.1, 0.15) is 0 Å². The van der Waals surface area contributed by atoms with Gasteiger partial charge in [0, 0.05) is 38.1 Å². The summed E-state index contributed by atoms with van der Waals surface area (Å²) in [5.41, 5.74) is 3.04. The predicted octanol–water partition coefficient (Wildman–Crippen LogP) is 2.25. The van der Waals surface area contributed by atoms with Crippen LogP contribution >= 0.6 is 0 Å². The summed E-state index contributed by atoms with van der Waals surface area (Å²) in [4.78, 5) is 26.1. The molecule has 0 bridgehead atoms. The second kappa shape index (κ2) is 5.78. The van der Waals surface area contributed by atoms with Gasteiger partial charge in [0.05, 0.1) is 11.6 Å². The summed E-state index contributed by atoms with van der Waals surface area (Å²) in [6, 6.07) is 5.63. The van der Waals surface area contributed by atoms with Gasteiger partial charge in [0.2, 0.25) is 11.8 Å². The summed E-state index contributed by atoms with van der Waals surface area (Å²) < 4.78 is 1.73. The molecule has 126 valence electrons. The van der Waals surface area contributed by atoms with Crippen LogP contribution in [0.4, 0.5) is 11.4 Å². The molecule has 3 rings (SSSR count). The van der Waals surface area contributed by atoms with Crippen LogP contribution in [0, 0.1) is 0 Å². The minimum absolute atomic E-state index is 0.0470. The zero-order chi connectivity index (χ0) is 17.5. The first-order valence-electron chi connectivity index (χ1n) is 7.99. The van der Waals surface area contributed by atoms with Gasteiger partial charge in [0.25, 0.3) is 0 Å². The lowest BCUT2D eigenvalue weighted by Crippen LogP contribution is -2.33. The third kappa shape index (κ3) is 2.79. The molecule has 1 aliphatic heterocycles. The van der Waals surface area contributed by atoms with Gasteiger partial charge in [-0.05, 0) is 49.6 Å². The van der Waals surface area contributed by atoms with Gasteiger partial charge in [-0.15, -0.1) is 0 Å². The zero-order valence-electron chi connectivity index (χ0n) is 14.5. The van der Waals surface area contributed by atoms with E-state index in [0.717, 1.165) is 22.5 Å². The highest BCUT2D eigenvalue weighted by atomic mass is 16.2. The highest BCUT2D eigenvalue weighted by Crippen LogP contribution is 2.41. The predicted molar refractivity (Wildman–Crippen MR) is 93.0 cm³/mol. The van der Waals surface area contributed by atoms with Gasteiger partial charge in [-0.3, -0.25) is 14.3 Å². The van der Waals surface area contributed by atoms with E-state index in [-0.39, 0.29) is 11.8 Å². The Morgan fingerprint density at radius 2 is 2.04 bits per heavy atom. The fourth-order valence-electron chi connectivity index (χ4n) is 3.13. The number of fused-ring (bicyclic) bond motifs is 1. The molecule has 6 heteroatoms. The van der Waals surface area contributed by atoms with Crippen molar-refractivity contribution >= 4 is 23.2 Å². The molecule has 2 amide bonds. The van der Waals surface area contributed by atoms with Crippen molar-refractivity contribution in [2.24, 2.45) is 7.05 Å². The van der Waals surface area contributed by atoms with E-state index in [0.29, 0.717) is 12.8 Å². The Morgan fingerprint density at radius 3 is 2.71 bits per heavy atom. The third-order valence-corrected chi connectivity index (χ3v) is 4.55. The molecule has 1 aromatic carbocycles. The highest BCUT2D eigenvalue weighted by Gasteiger charge is 2.42. The summed E-state index contributed by atoms with van der Waals surface area (Å²) in [7, 11) is 3.64. The number of rotatable bonds is 4. The van der Waals surface area contributed by atoms with Gasteiger partial charge >= 0.3 is 0 Å². The van der Waals surface area contributed by atoms with Crippen LogP contribution in [0.25, 0.3) is 0 Å². The molecule has 1 aromatic heterocycles. The average molecular weight is 326 g/mol. The van der Waals surface area contributed by atoms with Crippen LogP contribution in [0.2, 0.25) is 0 Å². The lowest BCUT2D eigenvalue weighted by atomic mass is 9.86. The van der Waals surface area contributed by atoms with E-state index in [9.17, 15) is 9.59 Å². The molecular formula is C18H22N4O2. The molecule has 2 aromatic rings. The summed E-state index contributed by atoms with van der Waals surface area (Å²) in [6.45, 7) is 3.82. The normalized spacial score (nSPS) is 15.5. The Morgan fingerprint density at radius 1 is 1.29 bits per heavy atom. The van der Waals surface area contributed by atoms with Crippen molar-refractivity contribution in [3.8, 4) is 0 Å². The zero-order valence-corrected chi connectivity index (χ0v) is 14.5. The quantitative estimate of drug-likeness (QED) is 0.937. The molecule has 6 nitrogen and oxygen atoms in total. The first-order valence-corrected chi connectivity index (χ1v) is 7.99. The van der Waals surface area contributed by atoms with Crippen LogP contribution < -0.4 is 10.2 Å². The maximum absolute atomic E-state index is 12.3. The smallest absolute Gasteiger partial charge is 0.236 e. The maximum atomic E-state index is 12.3. The standard InChI is InChI=1S/C18H22N4O2/c1-18(2)14-9-13(6-7-15(14)22(4)17(18)24)20-16(23)8-5-12-10-19-21(3)11-12/h6-7,9-11H,5,8H2,1-4H3,(H,20,23). The summed E-state index contributed by atoms with van der Waals surface area (Å²) >= 11 is 0. The molecule has 0 aliphatic carbocycles. The Kier molecular flexibility index (Phi) is 3.91. The van der Waals surface area contributed by atoms with Crippen LogP contribution in [0.5, 0.6) is 0 Å². The van der Waals surface area contributed by atoms with Crippen molar-refractivity contribution in [1.82, 2.24) is 9.78 Å². The fraction of sp³-hybridized carbons (Fsp3) is 0.389. The first-order chi connectivity index (χ1) is 11.3. The van der Waals surface area contributed by atoms with E-state index < -0.39 is 5.41 Å². The van der Waals surface area contributed by atoms with Crippen LogP contribution in [0.15, 0.2) is 30.6 Å². The van der Waals surface area contributed by atoms with E-state index in [2.05, 4.69) is 10.4 Å². The topological polar surface area (TPSA) is 67.2 Å². The molecule has 0 unspecified atom stereocenters. The second-order valence-corrected chi connectivity index (χ2v) is 6.79. The van der Waals surface area contributed by atoms with Crippen molar-refractivity contribution in [3.63, 3.8) is 0 Å². The first kappa shape index (κ1) is 16.2. The SMILES string of the molecule is CN1C(=O)C(C)(C)c2cc(NC(=O)CCc3cnn(C)c3)ccc21. The minimum Gasteiger partial charge on any atom is -0.326 e. The van der Waals surface area contributed by atoms with Crippen molar-refractivity contribution in [2.75, 3.05) is 17.3 Å². The van der Waals surface area contributed by atoms with E-state index in [1.807, 2.05) is 45.3 Å². The summed E-state index contributed by atoms with van der Waals surface area (Å²) in [6.07, 6.45) is 4.72. The molecule has 24 heavy (non-hydrogen) atoms. The number of hydrogen-bond donors (Lipinski definition) is 1. The second-order valence-electron chi connectivity index (χ2n) is 6.79. The molecule has 0 fully saturated rings. The number of hydrogen-bond acceptors (Lipinski definition) is 3. The molecule has 0 saturated heterocycles. The molecule has 0 spiro atoms. The highest BCUT2D eigenvalue weighted by molar-refractivity contribution is 6.07. The minimum atomic E-state index is -0.569. The van der Waals surface area contributed by atoms with E-state index >= 15 is 0 Å². The largest absolute Gasteiger partial charge is 0.326 e. The number of aryl methyl sites for hydroxylation is 2. The van der Waals surface area contributed by atoms with E-state index in [1.165, 1.54) is 0 Å².